The predicted molar refractivity (Wildman–Crippen MR) is 109 cm³/mol. The largest absolute Gasteiger partial charge is 0.361 e. The molecule has 0 spiro atoms. The minimum absolute atomic E-state index is 0.303. The molecule has 0 saturated heterocycles. The molecule has 28 heavy (non-hydrogen) atoms. The van der Waals surface area contributed by atoms with E-state index < -0.39 is 15.9 Å². The van der Waals surface area contributed by atoms with Crippen molar-refractivity contribution in [2.75, 3.05) is 10.0 Å². The Morgan fingerprint density at radius 2 is 1.86 bits per heavy atom. The molecule has 1 aromatic heterocycles. The highest BCUT2D eigenvalue weighted by molar-refractivity contribution is 7.95. The van der Waals surface area contributed by atoms with Crippen molar-refractivity contribution in [1.29, 1.82) is 0 Å². The number of hydrogen-bond donors (Lipinski definition) is 2. The number of aromatic nitrogens is 1. The summed E-state index contributed by atoms with van der Waals surface area (Å²) in [5.41, 5.74) is 1.73. The standard InChI is InChI=1S/C19H16ClN3O4S/c1-13-18(12-21-27-13)19(24)22-16-3-2-4-17(11-16)23-28(25,26)10-9-14-5-7-15(20)8-6-14/h2-12,23H,1H3,(H,22,24). The lowest BCUT2D eigenvalue weighted by molar-refractivity contribution is 0.102. The van der Waals surface area contributed by atoms with Crippen molar-refractivity contribution >= 4 is 45.0 Å². The highest BCUT2D eigenvalue weighted by atomic mass is 35.5. The number of halogens is 1. The zero-order valence-corrected chi connectivity index (χ0v) is 16.3. The van der Waals surface area contributed by atoms with Crippen LogP contribution in [0.4, 0.5) is 11.4 Å². The fourth-order valence-corrected chi connectivity index (χ4v) is 3.30. The van der Waals surface area contributed by atoms with Gasteiger partial charge in [-0.2, -0.15) is 0 Å². The Morgan fingerprint density at radius 3 is 2.54 bits per heavy atom. The molecule has 144 valence electrons. The fourth-order valence-electron chi connectivity index (χ4n) is 2.32. The van der Waals surface area contributed by atoms with Crippen molar-refractivity contribution in [1.82, 2.24) is 5.16 Å². The number of amides is 1. The molecule has 0 aliphatic rings. The molecule has 1 heterocycles. The van der Waals surface area contributed by atoms with E-state index in [-0.39, 0.29) is 0 Å². The van der Waals surface area contributed by atoms with E-state index >= 15 is 0 Å². The third kappa shape index (κ3) is 5.21. The van der Waals surface area contributed by atoms with E-state index in [4.69, 9.17) is 16.1 Å². The van der Waals surface area contributed by atoms with Gasteiger partial charge in [0.25, 0.3) is 15.9 Å². The maximum atomic E-state index is 12.3. The van der Waals surface area contributed by atoms with Gasteiger partial charge in [0.1, 0.15) is 11.3 Å². The van der Waals surface area contributed by atoms with Crippen LogP contribution in [0.2, 0.25) is 5.02 Å². The van der Waals surface area contributed by atoms with Crippen molar-refractivity contribution in [3.8, 4) is 0 Å². The summed E-state index contributed by atoms with van der Waals surface area (Å²) >= 11 is 5.81. The summed E-state index contributed by atoms with van der Waals surface area (Å²) in [7, 11) is -3.74. The van der Waals surface area contributed by atoms with Crippen LogP contribution in [-0.2, 0) is 10.0 Å². The summed E-state index contributed by atoms with van der Waals surface area (Å²) < 4.78 is 31.8. The Labute approximate surface area is 167 Å². The molecule has 0 aliphatic carbocycles. The van der Waals surface area contributed by atoms with Gasteiger partial charge in [0.2, 0.25) is 0 Å². The summed E-state index contributed by atoms with van der Waals surface area (Å²) in [6.45, 7) is 1.62. The van der Waals surface area contributed by atoms with Crippen molar-refractivity contribution in [3.63, 3.8) is 0 Å². The Morgan fingerprint density at radius 1 is 1.14 bits per heavy atom. The van der Waals surface area contributed by atoms with Gasteiger partial charge in [-0.15, -0.1) is 0 Å². The van der Waals surface area contributed by atoms with Crippen LogP contribution in [0.1, 0.15) is 21.7 Å². The van der Waals surface area contributed by atoms with Gasteiger partial charge in [0, 0.05) is 10.7 Å². The molecule has 2 N–H and O–H groups in total. The third-order valence-corrected chi connectivity index (χ3v) is 4.95. The maximum absolute atomic E-state index is 12.3. The molecule has 0 atom stereocenters. The number of anilines is 2. The first-order valence-corrected chi connectivity index (χ1v) is 10.0. The lowest BCUT2D eigenvalue weighted by atomic mass is 10.2. The minimum atomic E-state index is -3.74. The smallest absolute Gasteiger partial charge is 0.260 e. The molecule has 0 fully saturated rings. The van der Waals surface area contributed by atoms with Gasteiger partial charge in [-0.3, -0.25) is 9.52 Å². The van der Waals surface area contributed by atoms with Crippen molar-refractivity contribution in [2.24, 2.45) is 0 Å². The number of sulfonamides is 1. The van der Waals surface area contributed by atoms with Crippen LogP contribution in [0.3, 0.4) is 0 Å². The number of nitrogens with one attached hydrogen (secondary N) is 2. The summed E-state index contributed by atoms with van der Waals surface area (Å²) in [5, 5.41) is 7.85. The molecule has 0 unspecified atom stereocenters. The summed E-state index contributed by atoms with van der Waals surface area (Å²) in [5.74, 6) is -0.0110. The zero-order valence-electron chi connectivity index (χ0n) is 14.7. The first kappa shape index (κ1) is 19.7. The maximum Gasteiger partial charge on any atom is 0.260 e. The second-order valence-corrected chi connectivity index (χ2v) is 7.83. The molecular formula is C19H16ClN3O4S. The molecule has 0 bridgehead atoms. The van der Waals surface area contributed by atoms with Gasteiger partial charge in [-0.25, -0.2) is 8.42 Å². The second-order valence-electron chi connectivity index (χ2n) is 5.83. The van der Waals surface area contributed by atoms with E-state index in [9.17, 15) is 13.2 Å². The average Bonchev–Trinajstić information content (AvgIpc) is 3.07. The molecular weight excluding hydrogens is 402 g/mol. The molecule has 3 rings (SSSR count). The molecule has 2 aromatic carbocycles. The average molecular weight is 418 g/mol. The quantitative estimate of drug-likeness (QED) is 0.622. The number of benzene rings is 2. The monoisotopic (exact) mass is 417 g/mol. The van der Waals surface area contributed by atoms with Crippen LogP contribution < -0.4 is 10.0 Å². The van der Waals surface area contributed by atoms with Crippen molar-refractivity contribution in [2.45, 2.75) is 6.92 Å². The molecule has 0 aliphatic heterocycles. The molecule has 3 aromatic rings. The topological polar surface area (TPSA) is 101 Å². The lowest BCUT2D eigenvalue weighted by Crippen LogP contribution is -2.13. The molecule has 1 amide bonds. The van der Waals surface area contributed by atoms with Gasteiger partial charge in [0.15, 0.2) is 0 Å². The van der Waals surface area contributed by atoms with E-state index in [1.54, 1.807) is 49.4 Å². The van der Waals surface area contributed by atoms with E-state index in [1.807, 2.05) is 0 Å². The van der Waals surface area contributed by atoms with E-state index in [2.05, 4.69) is 15.2 Å². The van der Waals surface area contributed by atoms with E-state index in [0.29, 0.717) is 33.3 Å². The summed E-state index contributed by atoms with van der Waals surface area (Å²) in [4.78, 5) is 12.2. The van der Waals surface area contributed by atoms with E-state index in [0.717, 1.165) is 5.41 Å². The van der Waals surface area contributed by atoms with Crippen molar-refractivity contribution < 1.29 is 17.7 Å². The van der Waals surface area contributed by atoms with Crippen LogP contribution in [0.5, 0.6) is 0 Å². The van der Waals surface area contributed by atoms with Crippen LogP contribution >= 0.6 is 11.6 Å². The van der Waals surface area contributed by atoms with Gasteiger partial charge >= 0.3 is 0 Å². The Bertz CT molecular complexity index is 1120. The van der Waals surface area contributed by atoms with Crippen LogP contribution in [-0.4, -0.2) is 19.5 Å². The Hall–Kier alpha value is -3.10. The third-order valence-electron chi connectivity index (χ3n) is 3.69. The number of carbonyl (C=O) groups is 1. The summed E-state index contributed by atoms with van der Waals surface area (Å²) in [6, 6.07) is 13.1. The van der Waals surface area contributed by atoms with Gasteiger partial charge in [0.05, 0.1) is 17.3 Å². The van der Waals surface area contributed by atoms with Gasteiger partial charge in [-0.05, 0) is 48.9 Å². The van der Waals surface area contributed by atoms with Crippen LogP contribution in [0.25, 0.3) is 6.08 Å². The predicted octanol–water partition coefficient (Wildman–Crippen LogP) is 4.30. The lowest BCUT2D eigenvalue weighted by Gasteiger charge is -2.08. The number of carbonyl (C=O) groups excluding carboxylic acids is 1. The SMILES string of the molecule is Cc1oncc1C(=O)Nc1cccc(NS(=O)(=O)C=Cc2ccc(Cl)cc2)c1. The molecule has 0 radical (unpaired) electrons. The number of nitrogens with zero attached hydrogens (tertiary/aromatic N) is 1. The van der Waals surface area contributed by atoms with E-state index in [1.165, 1.54) is 18.3 Å². The van der Waals surface area contributed by atoms with Crippen LogP contribution in [0.15, 0.2) is 64.7 Å². The summed E-state index contributed by atoms with van der Waals surface area (Å²) in [6.07, 6.45) is 2.78. The zero-order chi connectivity index (χ0) is 20.1. The normalized spacial score (nSPS) is 11.5. The highest BCUT2D eigenvalue weighted by Crippen LogP contribution is 2.19. The highest BCUT2D eigenvalue weighted by Gasteiger charge is 2.13. The molecule has 9 heteroatoms. The Kier molecular flexibility index (Phi) is 5.81. The first-order chi connectivity index (χ1) is 13.3. The Balaban J connectivity index is 1.70. The number of aryl methyl sites for hydroxylation is 1. The minimum Gasteiger partial charge on any atom is -0.361 e. The van der Waals surface area contributed by atoms with Gasteiger partial charge < -0.3 is 9.84 Å². The fraction of sp³-hybridized carbons (Fsp3) is 0.0526. The molecule has 0 saturated carbocycles. The van der Waals surface area contributed by atoms with Crippen LogP contribution in [0, 0.1) is 6.92 Å². The van der Waals surface area contributed by atoms with Crippen molar-refractivity contribution in [3.05, 3.63) is 82.0 Å². The number of hydrogen-bond acceptors (Lipinski definition) is 5. The first-order valence-electron chi connectivity index (χ1n) is 8.11. The second kappa shape index (κ2) is 8.28. The number of rotatable bonds is 6. The molecule has 7 nitrogen and oxygen atoms in total. The van der Waals surface area contributed by atoms with Gasteiger partial charge in [-0.1, -0.05) is 35.0 Å².